The van der Waals surface area contributed by atoms with E-state index >= 15 is 0 Å². The fourth-order valence-electron chi connectivity index (χ4n) is 1.98. The minimum Gasteiger partial charge on any atom is -0.497 e. The highest BCUT2D eigenvalue weighted by Gasteiger charge is 2.21. The molecule has 1 N–H and O–H groups in total. The molecule has 70 valence electrons. The molecule has 0 unspecified atom stereocenters. The number of aryl methyl sites for hydroxylation is 1. The molecule has 1 aromatic carbocycles. The van der Waals surface area contributed by atoms with Gasteiger partial charge in [-0.15, -0.1) is 0 Å². The van der Waals surface area contributed by atoms with E-state index in [1.165, 1.54) is 11.1 Å². The molecule has 0 saturated carbocycles. The summed E-state index contributed by atoms with van der Waals surface area (Å²) in [6.07, 6.45) is 2.16. The standard InChI is InChI=1S/C11H14O2/c1-13-10-5-4-8-2-3-9(7-12)11(8)6-10/h4-6,9,12H,2-3,7H2,1H3/t9-/m1/s1. The average Bonchev–Trinajstić information content (AvgIpc) is 2.59. The van der Waals surface area contributed by atoms with Crippen molar-refractivity contribution in [3.63, 3.8) is 0 Å². The maximum Gasteiger partial charge on any atom is 0.119 e. The molecule has 2 heteroatoms. The van der Waals surface area contributed by atoms with Gasteiger partial charge in [-0.25, -0.2) is 0 Å². The van der Waals surface area contributed by atoms with E-state index in [-0.39, 0.29) is 6.61 Å². The van der Waals surface area contributed by atoms with Gasteiger partial charge in [0.1, 0.15) is 5.75 Å². The van der Waals surface area contributed by atoms with Gasteiger partial charge in [0.2, 0.25) is 0 Å². The van der Waals surface area contributed by atoms with Crippen LogP contribution in [0.3, 0.4) is 0 Å². The van der Waals surface area contributed by atoms with E-state index in [1.54, 1.807) is 7.11 Å². The number of rotatable bonds is 2. The Balaban J connectivity index is 2.37. The van der Waals surface area contributed by atoms with Crippen LogP contribution < -0.4 is 4.74 Å². The van der Waals surface area contributed by atoms with E-state index < -0.39 is 0 Å². The SMILES string of the molecule is COc1ccc2c(c1)[C@@H](CO)CC2. The third kappa shape index (κ3) is 1.42. The minimum atomic E-state index is 0.250. The van der Waals surface area contributed by atoms with Crippen LogP contribution in [0, 0.1) is 0 Å². The fourth-order valence-corrected chi connectivity index (χ4v) is 1.98. The van der Waals surface area contributed by atoms with Crippen LogP contribution in [-0.4, -0.2) is 18.8 Å². The lowest BCUT2D eigenvalue weighted by molar-refractivity contribution is 0.265. The van der Waals surface area contributed by atoms with E-state index in [9.17, 15) is 0 Å². The van der Waals surface area contributed by atoms with Crippen LogP contribution in [0.5, 0.6) is 5.75 Å². The van der Waals surface area contributed by atoms with Crippen LogP contribution in [0.2, 0.25) is 0 Å². The van der Waals surface area contributed by atoms with Crippen LogP contribution in [0.15, 0.2) is 18.2 Å². The summed E-state index contributed by atoms with van der Waals surface area (Å²) in [5.74, 6) is 1.21. The molecule has 0 aromatic heterocycles. The van der Waals surface area contributed by atoms with Crippen LogP contribution in [0.4, 0.5) is 0 Å². The van der Waals surface area contributed by atoms with Crippen molar-refractivity contribution >= 4 is 0 Å². The molecule has 0 saturated heterocycles. The van der Waals surface area contributed by atoms with Crippen molar-refractivity contribution in [1.82, 2.24) is 0 Å². The number of aliphatic hydroxyl groups is 1. The van der Waals surface area contributed by atoms with E-state index in [2.05, 4.69) is 6.07 Å². The van der Waals surface area contributed by atoms with Gasteiger partial charge in [-0.05, 0) is 36.1 Å². The molecule has 0 heterocycles. The molecule has 2 nitrogen and oxygen atoms in total. The molecular formula is C11H14O2. The molecule has 0 amide bonds. The summed E-state index contributed by atoms with van der Waals surface area (Å²) in [6, 6.07) is 6.13. The number of aliphatic hydroxyl groups excluding tert-OH is 1. The third-order valence-corrected chi connectivity index (χ3v) is 2.78. The first-order chi connectivity index (χ1) is 6.35. The van der Waals surface area contributed by atoms with Gasteiger partial charge >= 0.3 is 0 Å². The van der Waals surface area contributed by atoms with E-state index in [0.29, 0.717) is 5.92 Å². The van der Waals surface area contributed by atoms with Gasteiger partial charge in [0.05, 0.1) is 7.11 Å². The Kier molecular flexibility index (Phi) is 2.23. The maximum atomic E-state index is 9.14. The largest absolute Gasteiger partial charge is 0.497 e. The van der Waals surface area contributed by atoms with Crippen molar-refractivity contribution in [2.75, 3.05) is 13.7 Å². The minimum absolute atomic E-state index is 0.250. The predicted molar refractivity (Wildman–Crippen MR) is 51.1 cm³/mol. The molecule has 1 aromatic rings. The van der Waals surface area contributed by atoms with Crippen LogP contribution in [0.1, 0.15) is 23.5 Å². The summed E-state index contributed by atoms with van der Waals surface area (Å²) in [7, 11) is 1.67. The van der Waals surface area contributed by atoms with Crippen molar-refractivity contribution in [3.05, 3.63) is 29.3 Å². The Bertz CT molecular complexity index is 307. The molecule has 1 aliphatic carbocycles. The van der Waals surface area contributed by atoms with Crippen molar-refractivity contribution in [1.29, 1.82) is 0 Å². The third-order valence-electron chi connectivity index (χ3n) is 2.78. The van der Waals surface area contributed by atoms with E-state index in [0.717, 1.165) is 18.6 Å². The molecule has 1 atom stereocenters. The average molecular weight is 178 g/mol. The van der Waals surface area contributed by atoms with Gasteiger partial charge in [-0.3, -0.25) is 0 Å². The fraction of sp³-hybridized carbons (Fsp3) is 0.455. The second-order valence-electron chi connectivity index (χ2n) is 3.48. The van der Waals surface area contributed by atoms with Gasteiger partial charge < -0.3 is 9.84 Å². The number of benzene rings is 1. The van der Waals surface area contributed by atoms with Crippen LogP contribution in [0.25, 0.3) is 0 Å². The lowest BCUT2D eigenvalue weighted by atomic mass is 10.0. The maximum absolute atomic E-state index is 9.14. The first kappa shape index (κ1) is 8.57. The Labute approximate surface area is 78.2 Å². The molecule has 0 aliphatic heterocycles. The summed E-state index contributed by atoms with van der Waals surface area (Å²) < 4.78 is 5.15. The number of hydrogen-bond donors (Lipinski definition) is 1. The zero-order valence-electron chi connectivity index (χ0n) is 7.79. The predicted octanol–water partition coefficient (Wildman–Crippen LogP) is 1.72. The zero-order chi connectivity index (χ0) is 9.26. The topological polar surface area (TPSA) is 29.5 Å². The highest BCUT2D eigenvalue weighted by molar-refractivity contribution is 5.41. The normalized spacial score (nSPS) is 20.0. The molecular weight excluding hydrogens is 164 g/mol. The molecule has 13 heavy (non-hydrogen) atoms. The number of ether oxygens (including phenoxy) is 1. The lowest BCUT2D eigenvalue weighted by Gasteiger charge is -2.08. The number of methoxy groups -OCH3 is 1. The molecule has 0 spiro atoms. The summed E-state index contributed by atoms with van der Waals surface area (Å²) in [5, 5.41) is 9.14. The molecule has 1 aliphatic rings. The van der Waals surface area contributed by atoms with Crippen molar-refractivity contribution in [2.24, 2.45) is 0 Å². The molecule has 0 fully saturated rings. The highest BCUT2D eigenvalue weighted by atomic mass is 16.5. The first-order valence-corrected chi connectivity index (χ1v) is 4.63. The summed E-state index contributed by atoms with van der Waals surface area (Å²) in [4.78, 5) is 0. The number of fused-ring (bicyclic) bond motifs is 1. The monoisotopic (exact) mass is 178 g/mol. The summed E-state index contributed by atoms with van der Waals surface area (Å²) >= 11 is 0. The Morgan fingerprint density at radius 1 is 1.54 bits per heavy atom. The smallest absolute Gasteiger partial charge is 0.119 e. The second kappa shape index (κ2) is 3.38. The Hall–Kier alpha value is -1.02. The Morgan fingerprint density at radius 2 is 2.38 bits per heavy atom. The molecule has 0 bridgehead atoms. The second-order valence-corrected chi connectivity index (χ2v) is 3.48. The van der Waals surface area contributed by atoms with E-state index in [4.69, 9.17) is 9.84 Å². The van der Waals surface area contributed by atoms with Gasteiger partial charge in [0.25, 0.3) is 0 Å². The molecule has 0 radical (unpaired) electrons. The van der Waals surface area contributed by atoms with Gasteiger partial charge in [-0.2, -0.15) is 0 Å². The lowest BCUT2D eigenvalue weighted by Crippen LogP contribution is -1.98. The van der Waals surface area contributed by atoms with Gasteiger partial charge in [0, 0.05) is 12.5 Å². The van der Waals surface area contributed by atoms with Crippen LogP contribution >= 0.6 is 0 Å². The van der Waals surface area contributed by atoms with Crippen molar-refractivity contribution < 1.29 is 9.84 Å². The van der Waals surface area contributed by atoms with Gasteiger partial charge in [0.15, 0.2) is 0 Å². The zero-order valence-corrected chi connectivity index (χ0v) is 7.79. The van der Waals surface area contributed by atoms with Crippen LogP contribution in [-0.2, 0) is 6.42 Å². The summed E-state index contributed by atoms with van der Waals surface area (Å²) in [5.41, 5.74) is 2.63. The highest BCUT2D eigenvalue weighted by Crippen LogP contribution is 2.34. The quantitative estimate of drug-likeness (QED) is 0.747. The first-order valence-electron chi connectivity index (χ1n) is 4.63. The number of hydrogen-bond acceptors (Lipinski definition) is 2. The summed E-state index contributed by atoms with van der Waals surface area (Å²) in [6.45, 7) is 0.250. The van der Waals surface area contributed by atoms with Crippen molar-refractivity contribution in [3.8, 4) is 5.75 Å². The van der Waals surface area contributed by atoms with E-state index in [1.807, 2.05) is 12.1 Å². The molecule has 2 rings (SSSR count). The van der Waals surface area contributed by atoms with Crippen molar-refractivity contribution in [2.45, 2.75) is 18.8 Å². The van der Waals surface area contributed by atoms with Gasteiger partial charge in [-0.1, -0.05) is 6.07 Å². The Morgan fingerprint density at radius 3 is 3.08 bits per heavy atom.